The van der Waals surface area contributed by atoms with Gasteiger partial charge in [-0.15, -0.1) is 0 Å². The molecule has 0 aliphatic carbocycles. The van der Waals surface area contributed by atoms with Gasteiger partial charge in [0.2, 0.25) is 0 Å². The van der Waals surface area contributed by atoms with Crippen LogP contribution in [0.15, 0.2) is 30.5 Å². The molecule has 2 aromatic rings. The zero-order chi connectivity index (χ0) is 18.9. The molecule has 3 amide bonds. The van der Waals surface area contributed by atoms with E-state index in [0.29, 0.717) is 43.1 Å². The molecular formula is C18H25N5O3. The molecule has 0 spiro atoms. The molecule has 0 fully saturated rings. The topological polar surface area (TPSA) is 97.3 Å². The number of benzene rings is 1. The number of hydrogen-bond donors (Lipinski definition) is 3. The highest BCUT2D eigenvalue weighted by Gasteiger charge is 2.12. The maximum absolute atomic E-state index is 12.2. The first-order chi connectivity index (χ1) is 12.5. The number of nitrogens with one attached hydrogen (secondary N) is 3. The monoisotopic (exact) mass is 359 g/mol. The number of ether oxygens (including phenoxy) is 1. The van der Waals surface area contributed by atoms with E-state index in [0.717, 1.165) is 5.69 Å². The lowest BCUT2D eigenvalue weighted by Gasteiger charge is -2.13. The quantitative estimate of drug-likeness (QED) is 0.625. The summed E-state index contributed by atoms with van der Waals surface area (Å²) in [4.78, 5) is 24.3. The van der Waals surface area contributed by atoms with E-state index in [1.54, 1.807) is 36.9 Å². The summed E-state index contributed by atoms with van der Waals surface area (Å²) in [6, 6.07) is 6.81. The molecule has 1 aromatic carbocycles. The van der Waals surface area contributed by atoms with Crippen molar-refractivity contribution in [2.45, 2.75) is 20.4 Å². The number of hydrogen-bond acceptors (Lipinski definition) is 4. The standard InChI is InChI=1S/C18H25N5O3/c1-13-7-10-23(22-13)11-8-20-18(25)21-16-6-4-5-15(14(16)2)17(24)19-9-12-26-3/h4-7,10H,8-9,11-12H2,1-3H3,(H,19,24)(H2,20,21,25). The second kappa shape index (κ2) is 9.57. The Hall–Kier alpha value is -2.87. The summed E-state index contributed by atoms with van der Waals surface area (Å²) >= 11 is 0. The van der Waals surface area contributed by atoms with Crippen molar-refractivity contribution in [3.63, 3.8) is 0 Å². The molecule has 2 rings (SSSR count). The van der Waals surface area contributed by atoms with E-state index < -0.39 is 0 Å². The number of aromatic nitrogens is 2. The number of urea groups is 1. The molecule has 8 heteroatoms. The van der Waals surface area contributed by atoms with E-state index in [4.69, 9.17) is 4.74 Å². The van der Waals surface area contributed by atoms with Gasteiger partial charge in [-0.1, -0.05) is 6.07 Å². The summed E-state index contributed by atoms with van der Waals surface area (Å²) in [6.07, 6.45) is 1.87. The number of aryl methyl sites for hydroxylation is 1. The van der Waals surface area contributed by atoms with Gasteiger partial charge in [-0.25, -0.2) is 4.79 Å². The Balaban J connectivity index is 1.88. The van der Waals surface area contributed by atoms with Crippen molar-refractivity contribution in [2.75, 3.05) is 32.1 Å². The highest BCUT2D eigenvalue weighted by molar-refractivity contribution is 5.99. The van der Waals surface area contributed by atoms with Gasteiger partial charge in [-0.05, 0) is 37.6 Å². The summed E-state index contributed by atoms with van der Waals surface area (Å²) in [7, 11) is 1.58. The van der Waals surface area contributed by atoms with Crippen molar-refractivity contribution < 1.29 is 14.3 Å². The van der Waals surface area contributed by atoms with Crippen LogP contribution in [-0.2, 0) is 11.3 Å². The molecule has 1 heterocycles. The van der Waals surface area contributed by atoms with E-state index in [9.17, 15) is 9.59 Å². The summed E-state index contributed by atoms with van der Waals surface area (Å²) in [5, 5.41) is 12.6. The minimum Gasteiger partial charge on any atom is -0.383 e. The van der Waals surface area contributed by atoms with Gasteiger partial charge in [0.05, 0.1) is 18.8 Å². The average molecular weight is 359 g/mol. The fourth-order valence-electron chi connectivity index (χ4n) is 2.42. The zero-order valence-electron chi connectivity index (χ0n) is 15.3. The lowest BCUT2D eigenvalue weighted by Crippen LogP contribution is -2.32. The highest BCUT2D eigenvalue weighted by Crippen LogP contribution is 2.18. The van der Waals surface area contributed by atoms with Crippen molar-refractivity contribution in [2.24, 2.45) is 0 Å². The van der Waals surface area contributed by atoms with Crippen molar-refractivity contribution in [1.29, 1.82) is 0 Å². The van der Waals surface area contributed by atoms with Crippen LogP contribution in [0, 0.1) is 13.8 Å². The second-order valence-electron chi connectivity index (χ2n) is 5.83. The first-order valence-corrected chi connectivity index (χ1v) is 8.43. The summed E-state index contributed by atoms with van der Waals surface area (Å²) in [5.74, 6) is -0.197. The van der Waals surface area contributed by atoms with Crippen LogP contribution in [0.3, 0.4) is 0 Å². The number of methoxy groups -OCH3 is 1. The summed E-state index contributed by atoms with van der Waals surface area (Å²) in [5.41, 5.74) is 2.76. The van der Waals surface area contributed by atoms with Crippen LogP contribution < -0.4 is 16.0 Å². The van der Waals surface area contributed by atoms with Crippen molar-refractivity contribution in [3.05, 3.63) is 47.3 Å². The van der Waals surface area contributed by atoms with E-state index in [1.165, 1.54) is 0 Å². The number of carbonyl (C=O) groups excluding carboxylic acids is 2. The number of carbonyl (C=O) groups is 2. The maximum Gasteiger partial charge on any atom is 0.319 e. The van der Waals surface area contributed by atoms with Crippen molar-refractivity contribution in [1.82, 2.24) is 20.4 Å². The van der Waals surface area contributed by atoms with E-state index >= 15 is 0 Å². The molecular weight excluding hydrogens is 334 g/mol. The SMILES string of the molecule is COCCNC(=O)c1cccc(NC(=O)NCCn2ccc(C)n2)c1C. The van der Waals surface area contributed by atoms with Crippen LogP contribution in [0.4, 0.5) is 10.5 Å². The predicted octanol–water partition coefficient (Wildman–Crippen LogP) is 1.70. The van der Waals surface area contributed by atoms with E-state index in [-0.39, 0.29) is 11.9 Å². The van der Waals surface area contributed by atoms with Gasteiger partial charge in [0, 0.05) is 37.6 Å². The Morgan fingerprint density at radius 1 is 1.15 bits per heavy atom. The molecule has 26 heavy (non-hydrogen) atoms. The van der Waals surface area contributed by atoms with Crippen LogP contribution >= 0.6 is 0 Å². The van der Waals surface area contributed by atoms with Gasteiger partial charge < -0.3 is 20.7 Å². The lowest BCUT2D eigenvalue weighted by molar-refractivity contribution is 0.0936. The molecule has 0 saturated carbocycles. The van der Waals surface area contributed by atoms with Crippen molar-refractivity contribution in [3.8, 4) is 0 Å². The molecule has 0 saturated heterocycles. The Morgan fingerprint density at radius 2 is 1.96 bits per heavy atom. The van der Waals surface area contributed by atoms with Crippen LogP contribution in [0.1, 0.15) is 21.6 Å². The van der Waals surface area contributed by atoms with Crippen molar-refractivity contribution >= 4 is 17.6 Å². The first kappa shape index (κ1) is 19.5. The molecule has 8 nitrogen and oxygen atoms in total. The molecule has 0 bridgehead atoms. The molecule has 0 atom stereocenters. The zero-order valence-corrected chi connectivity index (χ0v) is 15.3. The van der Waals surface area contributed by atoms with Gasteiger partial charge >= 0.3 is 6.03 Å². The average Bonchev–Trinajstić information content (AvgIpc) is 3.02. The number of nitrogens with zero attached hydrogens (tertiary/aromatic N) is 2. The Bertz CT molecular complexity index is 757. The molecule has 0 unspecified atom stereocenters. The Labute approximate surface area is 152 Å². The molecule has 1 aromatic heterocycles. The minimum atomic E-state index is -0.325. The van der Waals surface area contributed by atoms with Crippen LogP contribution in [0.5, 0.6) is 0 Å². The molecule has 0 aliphatic heterocycles. The highest BCUT2D eigenvalue weighted by atomic mass is 16.5. The van der Waals surface area contributed by atoms with Gasteiger partial charge in [0.1, 0.15) is 0 Å². The summed E-state index contributed by atoms with van der Waals surface area (Å²) < 4.78 is 6.69. The van der Waals surface area contributed by atoms with Gasteiger partial charge in [0.15, 0.2) is 0 Å². The Morgan fingerprint density at radius 3 is 2.65 bits per heavy atom. The number of rotatable bonds is 8. The fraction of sp³-hybridized carbons (Fsp3) is 0.389. The minimum absolute atomic E-state index is 0.197. The number of anilines is 1. The summed E-state index contributed by atoms with van der Waals surface area (Å²) in [6.45, 7) is 5.62. The third-order valence-electron chi connectivity index (χ3n) is 3.82. The normalized spacial score (nSPS) is 10.4. The molecule has 3 N–H and O–H groups in total. The third-order valence-corrected chi connectivity index (χ3v) is 3.82. The third kappa shape index (κ3) is 5.59. The fourth-order valence-corrected chi connectivity index (χ4v) is 2.42. The largest absolute Gasteiger partial charge is 0.383 e. The van der Waals surface area contributed by atoms with Crippen LogP contribution in [-0.4, -0.2) is 48.5 Å². The van der Waals surface area contributed by atoms with E-state index in [1.807, 2.05) is 19.2 Å². The smallest absolute Gasteiger partial charge is 0.319 e. The first-order valence-electron chi connectivity index (χ1n) is 8.43. The maximum atomic E-state index is 12.2. The number of amides is 3. The Kier molecular flexibility index (Phi) is 7.16. The van der Waals surface area contributed by atoms with Crippen LogP contribution in [0.2, 0.25) is 0 Å². The van der Waals surface area contributed by atoms with Gasteiger partial charge in [-0.2, -0.15) is 5.10 Å². The lowest BCUT2D eigenvalue weighted by atomic mass is 10.1. The van der Waals surface area contributed by atoms with Gasteiger partial charge in [0.25, 0.3) is 5.91 Å². The second-order valence-corrected chi connectivity index (χ2v) is 5.83. The molecule has 0 radical (unpaired) electrons. The molecule has 0 aliphatic rings. The predicted molar refractivity (Wildman–Crippen MR) is 99.4 cm³/mol. The molecule has 140 valence electrons. The van der Waals surface area contributed by atoms with Crippen LogP contribution in [0.25, 0.3) is 0 Å². The van der Waals surface area contributed by atoms with E-state index in [2.05, 4.69) is 21.0 Å². The van der Waals surface area contributed by atoms with Gasteiger partial charge in [-0.3, -0.25) is 9.48 Å².